The minimum atomic E-state index is -0.189. The van der Waals surface area contributed by atoms with Gasteiger partial charge in [0.05, 0.1) is 11.1 Å². The second-order valence-electron chi connectivity index (χ2n) is 6.65. The van der Waals surface area contributed by atoms with Crippen molar-refractivity contribution in [3.63, 3.8) is 0 Å². The predicted molar refractivity (Wildman–Crippen MR) is 102 cm³/mol. The van der Waals surface area contributed by atoms with Gasteiger partial charge < -0.3 is 9.88 Å². The van der Waals surface area contributed by atoms with Crippen molar-refractivity contribution >= 4 is 16.8 Å². The van der Waals surface area contributed by atoms with Crippen molar-refractivity contribution in [1.29, 1.82) is 0 Å². The Kier molecular flexibility index (Phi) is 4.54. The third-order valence-electron chi connectivity index (χ3n) is 4.90. The van der Waals surface area contributed by atoms with E-state index in [1.54, 1.807) is 12.1 Å². The van der Waals surface area contributed by atoms with Gasteiger partial charge in [-0.3, -0.25) is 14.5 Å². The Morgan fingerprint density at radius 3 is 2.42 bits per heavy atom. The molecule has 5 nitrogen and oxygen atoms in total. The van der Waals surface area contributed by atoms with Crippen molar-refractivity contribution in [2.24, 2.45) is 0 Å². The van der Waals surface area contributed by atoms with Gasteiger partial charge in [-0.2, -0.15) is 0 Å². The highest BCUT2D eigenvalue weighted by Crippen LogP contribution is 2.18. The van der Waals surface area contributed by atoms with E-state index in [2.05, 4.69) is 34.1 Å². The van der Waals surface area contributed by atoms with Gasteiger partial charge in [0.15, 0.2) is 0 Å². The minimum Gasteiger partial charge on any atom is -0.336 e. The number of hydrogen-bond acceptors (Lipinski definition) is 3. The molecule has 0 spiro atoms. The van der Waals surface area contributed by atoms with Crippen molar-refractivity contribution in [3.8, 4) is 0 Å². The van der Waals surface area contributed by atoms with Gasteiger partial charge in [-0.25, -0.2) is 0 Å². The smallest absolute Gasteiger partial charge is 0.256 e. The Hall–Kier alpha value is -2.92. The van der Waals surface area contributed by atoms with E-state index in [1.807, 2.05) is 23.1 Å². The maximum Gasteiger partial charge on any atom is 0.256 e. The number of pyridine rings is 1. The first kappa shape index (κ1) is 16.5. The second-order valence-corrected chi connectivity index (χ2v) is 6.65. The predicted octanol–water partition coefficient (Wildman–Crippen LogP) is 2.49. The summed E-state index contributed by atoms with van der Waals surface area (Å²) in [5.41, 5.74) is 2.29. The van der Waals surface area contributed by atoms with Gasteiger partial charge in [-0.15, -0.1) is 0 Å². The molecule has 2 aromatic carbocycles. The van der Waals surface area contributed by atoms with Crippen LogP contribution in [0.2, 0.25) is 0 Å². The Morgan fingerprint density at radius 2 is 1.65 bits per heavy atom. The molecule has 4 rings (SSSR count). The summed E-state index contributed by atoms with van der Waals surface area (Å²) < 4.78 is 0. The molecule has 26 heavy (non-hydrogen) atoms. The van der Waals surface area contributed by atoms with Crippen LogP contribution in [0.3, 0.4) is 0 Å². The molecule has 132 valence electrons. The van der Waals surface area contributed by atoms with Crippen molar-refractivity contribution in [3.05, 3.63) is 82.1 Å². The summed E-state index contributed by atoms with van der Waals surface area (Å²) in [7, 11) is 0. The van der Waals surface area contributed by atoms with Crippen molar-refractivity contribution in [2.45, 2.75) is 6.54 Å². The number of nitrogens with one attached hydrogen (secondary N) is 1. The van der Waals surface area contributed by atoms with Crippen LogP contribution < -0.4 is 5.56 Å². The molecule has 1 aliphatic rings. The highest BCUT2D eigenvalue weighted by Gasteiger charge is 2.23. The Bertz CT molecular complexity index is 973. The molecule has 1 aliphatic heterocycles. The van der Waals surface area contributed by atoms with Crippen LogP contribution in [0.5, 0.6) is 0 Å². The summed E-state index contributed by atoms with van der Waals surface area (Å²) in [6.45, 7) is 3.99. The van der Waals surface area contributed by atoms with Crippen LogP contribution in [0.4, 0.5) is 0 Å². The zero-order valence-corrected chi connectivity index (χ0v) is 14.5. The van der Waals surface area contributed by atoms with E-state index < -0.39 is 0 Å². The number of carbonyl (C=O) groups is 1. The molecule has 1 amide bonds. The van der Waals surface area contributed by atoms with E-state index in [0.717, 1.165) is 25.0 Å². The van der Waals surface area contributed by atoms with Crippen LogP contribution in [-0.4, -0.2) is 46.9 Å². The zero-order chi connectivity index (χ0) is 17.9. The lowest BCUT2D eigenvalue weighted by Crippen LogP contribution is -2.48. The number of H-pyrrole nitrogens is 1. The fourth-order valence-corrected chi connectivity index (χ4v) is 3.48. The first-order valence-corrected chi connectivity index (χ1v) is 8.88. The number of amides is 1. The number of fused-ring (bicyclic) bond motifs is 1. The lowest BCUT2D eigenvalue weighted by atomic mass is 10.1. The summed E-state index contributed by atoms with van der Waals surface area (Å²) in [5, 5.41) is 0.873. The molecule has 0 radical (unpaired) electrons. The van der Waals surface area contributed by atoms with Crippen LogP contribution in [0.15, 0.2) is 65.5 Å². The van der Waals surface area contributed by atoms with Crippen molar-refractivity contribution < 1.29 is 4.79 Å². The lowest BCUT2D eigenvalue weighted by molar-refractivity contribution is 0.0630. The number of para-hydroxylation sites is 1. The molecule has 1 N–H and O–H groups in total. The molecule has 1 aromatic heterocycles. The molecule has 1 saturated heterocycles. The first-order valence-electron chi connectivity index (χ1n) is 8.88. The largest absolute Gasteiger partial charge is 0.336 e. The van der Waals surface area contributed by atoms with Crippen LogP contribution in [0.1, 0.15) is 15.9 Å². The standard InChI is InChI=1S/C21H21N3O2/c25-19-10-9-17-7-4-8-18(20(17)22-19)21(26)24-13-11-23(12-14-24)15-16-5-2-1-3-6-16/h1-10H,11-15H2,(H,22,25). The van der Waals surface area contributed by atoms with Gasteiger partial charge in [0, 0.05) is 38.8 Å². The monoisotopic (exact) mass is 347 g/mol. The van der Waals surface area contributed by atoms with Crippen molar-refractivity contribution in [2.75, 3.05) is 26.2 Å². The maximum atomic E-state index is 13.0. The van der Waals surface area contributed by atoms with Crippen LogP contribution in [0.25, 0.3) is 10.9 Å². The van der Waals surface area contributed by atoms with Gasteiger partial charge in [-0.05, 0) is 23.1 Å². The van der Waals surface area contributed by atoms with Gasteiger partial charge in [0.2, 0.25) is 5.56 Å². The van der Waals surface area contributed by atoms with E-state index in [4.69, 9.17) is 0 Å². The van der Waals surface area contributed by atoms with Gasteiger partial charge in [0.1, 0.15) is 0 Å². The van der Waals surface area contributed by atoms with E-state index in [0.29, 0.717) is 24.2 Å². The average Bonchev–Trinajstić information content (AvgIpc) is 2.68. The summed E-state index contributed by atoms with van der Waals surface area (Å²) >= 11 is 0. The molecule has 0 saturated carbocycles. The van der Waals surface area contributed by atoms with Gasteiger partial charge >= 0.3 is 0 Å². The second kappa shape index (κ2) is 7.14. The van der Waals surface area contributed by atoms with Crippen LogP contribution in [0, 0.1) is 0 Å². The third-order valence-corrected chi connectivity index (χ3v) is 4.90. The summed E-state index contributed by atoms with van der Waals surface area (Å²) in [4.78, 5) is 31.7. The highest BCUT2D eigenvalue weighted by atomic mass is 16.2. The molecule has 3 aromatic rings. The minimum absolute atomic E-state index is 0.0168. The molecule has 0 bridgehead atoms. The van der Waals surface area contributed by atoms with Crippen LogP contribution in [-0.2, 0) is 6.54 Å². The molecule has 0 unspecified atom stereocenters. The molecular formula is C21H21N3O2. The fourth-order valence-electron chi connectivity index (χ4n) is 3.48. The number of aromatic amines is 1. The van der Waals surface area contributed by atoms with Gasteiger partial charge in [0.25, 0.3) is 5.91 Å². The Morgan fingerprint density at radius 1 is 0.885 bits per heavy atom. The number of benzene rings is 2. The molecular weight excluding hydrogens is 326 g/mol. The quantitative estimate of drug-likeness (QED) is 0.792. The van der Waals surface area contributed by atoms with E-state index >= 15 is 0 Å². The maximum absolute atomic E-state index is 13.0. The number of rotatable bonds is 3. The number of piperazine rings is 1. The molecule has 5 heteroatoms. The van der Waals surface area contributed by atoms with E-state index in [-0.39, 0.29) is 11.5 Å². The van der Waals surface area contributed by atoms with Crippen molar-refractivity contribution in [1.82, 2.24) is 14.8 Å². The molecule has 2 heterocycles. The number of aromatic nitrogens is 1. The topological polar surface area (TPSA) is 56.4 Å². The molecule has 1 fully saturated rings. The SMILES string of the molecule is O=C(c1cccc2ccc(=O)[nH]c12)N1CCN(Cc2ccccc2)CC1. The summed E-state index contributed by atoms with van der Waals surface area (Å²) in [5.74, 6) is -0.0168. The first-order chi connectivity index (χ1) is 12.7. The third kappa shape index (κ3) is 3.39. The number of nitrogens with zero attached hydrogens (tertiary/aromatic N) is 2. The summed E-state index contributed by atoms with van der Waals surface area (Å²) in [6.07, 6.45) is 0. The lowest BCUT2D eigenvalue weighted by Gasteiger charge is -2.35. The Labute approximate surface area is 151 Å². The number of carbonyl (C=O) groups excluding carboxylic acids is 1. The molecule has 0 atom stereocenters. The normalized spacial score (nSPS) is 15.3. The Balaban J connectivity index is 1.47. The summed E-state index contributed by atoms with van der Waals surface area (Å²) in [6, 6.07) is 19.2. The molecule has 0 aliphatic carbocycles. The number of hydrogen-bond donors (Lipinski definition) is 1. The van der Waals surface area contributed by atoms with E-state index in [1.165, 1.54) is 11.6 Å². The van der Waals surface area contributed by atoms with Gasteiger partial charge in [-0.1, -0.05) is 42.5 Å². The zero-order valence-electron chi connectivity index (χ0n) is 14.5. The van der Waals surface area contributed by atoms with Crippen LogP contribution >= 0.6 is 0 Å². The van der Waals surface area contributed by atoms with E-state index in [9.17, 15) is 9.59 Å². The average molecular weight is 347 g/mol. The highest BCUT2D eigenvalue weighted by molar-refractivity contribution is 6.05. The fraction of sp³-hybridized carbons (Fsp3) is 0.238.